The molecule has 0 aliphatic carbocycles. The Bertz CT molecular complexity index is 1930. The van der Waals surface area contributed by atoms with Crippen LogP contribution in [0.1, 0.15) is 34.2 Å². The van der Waals surface area contributed by atoms with Gasteiger partial charge in [0.15, 0.2) is 11.5 Å². The molecule has 12 heteroatoms. The summed E-state index contributed by atoms with van der Waals surface area (Å²) in [4.78, 5) is 32.5. The van der Waals surface area contributed by atoms with Crippen molar-refractivity contribution in [3.05, 3.63) is 106 Å². The van der Waals surface area contributed by atoms with Crippen molar-refractivity contribution in [2.24, 2.45) is 12.8 Å². The first-order valence-electron chi connectivity index (χ1n) is 11.9. The second-order valence-corrected chi connectivity index (χ2v) is 8.44. The van der Waals surface area contributed by atoms with E-state index in [-0.39, 0.29) is 17.1 Å². The van der Waals surface area contributed by atoms with E-state index in [2.05, 4.69) is 32.0 Å². The number of carbonyl (C=O) groups is 1. The normalized spacial score (nSPS) is 10.6. The highest BCUT2D eigenvalue weighted by Gasteiger charge is 2.15. The number of nitrogens with zero attached hydrogens (tertiary/aromatic N) is 8. The van der Waals surface area contributed by atoms with Crippen LogP contribution in [-0.2, 0) is 13.5 Å². The maximum absolute atomic E-state index is 13.2. The number of hydrogen-bond donors (Lipinski definition) is 2. The van der Waals surface area contributed by atoms with E-state index in [9.17, 15) is 9.59 Å². The van der Waals surface area contributed by atoms with Crippen LogP contribution in [0.25, 0.3) is 17.0 Å². The summed E-state index contributed by atoms with van der Waals surface area (Å²) in [6.45, 7) is 2.02. The highest BCUT2D eigenvalue weighted by atomic mass is 16.1. The number of hydrogen-bond acceptors (Lipinski definition) is 7. The monoisotopic (exact) mass is 520 g/mol. The van der Waals surface area contributed by atoms with Crippen molar-refractivity contribution < 1.29 is 4.79 Å². The Kier molecular flexibility index (Phi) is 6.63. The number of nitrogens with two attached hydrogens (primary N) is 2. The number of aromatic nitrogens is 8. The van der Waals surface area contributed by atoms with Crippen LogP contribution in [-0.4, -0.2) is 44.2 Å². The van der Waals surface area contributed by atoms with Crippen LogP contribution in [0.4, 0.5) is 5.82 Å². The minimum atomic E-state index is -0.619. The molecule has 194 valence electrons. The Labute approximate surface area is 222 Å². The quantitative estimate of drug-likeness (QED) is 0.336. The third-order valence-electron chi connectivity index (χ3n) is 5.84. The molecule has 0 spiro atoms. The SMILES string of the molecule is CCc1cc2ncc(C#Cc3cnn(C)c3)n2c(=O)n1-c1ccccc1.NC(=O)c1c(N)nn2cccnc12. The molecule has 1 amide bonds. The number of rotatable bonds is 3. The average molecular weight is 521 g/mol. The summed E-state index contributed by atoms with van der Waals surface area (Å²) in [5.74, 6) is 5.55. The first kappa shape index (κ1) is 25.0. The Morgan fingerprint density at radius 3 is 2.56 bits per heavy atom. The average Bonchev–Trinajstić information content (AvgIpc) is 3.63. The van der Waals surface area contributed by atoms with Gasteiger partial charge in [0.2, 0.25) is 0 Å². The standard InChI is InChI=1S/C20H17N5O.C7H7N5O/c1-3-16-11-19-21-13-18(10-9-15-12-22-23(2)14-15)25(19)20(26)24(16)17-7-5-4-6-8-17;8-5-4(6(9)13)7-10-2-1-3-12(7)11-5/h4-8,11-14H,3H2,1-2H3;1-3H,(H2,8,11)(H2,9,13). The van der Waals surface area contributed by atoms with E-state index in [4.69, 9.17) is 11.5 Å². The predicted molar refractivity (Wildman–Crippen MR) is 145 cm³/mol. The summed E-state index contributed by atoms with van der Waals surface area (Å²) < 4.78 is 6.36. The van der Waals surface area contributed by atoms with Crippen molar-refractivity contribution in [1.29, 1.82) is 0 Å². The second-order valence-electron chi connectivity index (χ2n) is 8.44. The molecule has 5 aromatic heterocycles. The van der Waals surface area contributed by atoms with E-state index in [1.165, 1.54) is 4.52 Å². The van der Waals surface area contributed by atoms with Gasteiger partial charge in [-0.1, -0.05) is 31.0 Å². The fourth-order valence-electron chi connectivity index (χ4n) is 4.07. The van der Waals surface area contributed by atoms with Gasteiger partial charge in [0.25, 0.3) is 5.91 Å². The van der Waals surface area contributed by atoms with Crippen LogP contribution in [0, 0.1) is 11.8 Å². The fraction of sp³-hybridized carbons (Fsp3) is 0.111. The molecule has 0 atom stereocenters. The number of primary amides is 1. The van der Waals surface area contributed by atoms with Gasteiger partial charge < -0.3 is 11.5 Å². The zero-order valence-electron chi connectivity index (χ0n) is 21.2. The van der Waals surface area contributed by atoms with Gasteiger partial charge in [0.1, 0.15) is 16.9 Å². The summed E-state index contributed by atoms with van der Waals surface area (Å²) in [5, 5.41) is 7.96. The van der Waals surface area contributed by atoms with Crippen molar-refractivity contribution in [2.45, 2.75) is 13.3 Å². The van der Waals surface area contributed by atoms with Crippen molar-refractivity contribution in [2.75, 3.05) is 5.73 Å². The topological polar surface area (TPSA) is 156 Å². The van der Waals surface area contributed by atoms with Gasteiger partial charge in [-0.3, -0.25) is 14.0 Å². The number of fused-ring (bicyclic) bond motifs is 2. The van der Waals surface area contributed by atoms with Crippen molar-refractivity contribution in [1.82, 2.24) is 38.3 Å². The smallest absolute Gasteiger partial charge is 0.339 e. The minimum absolute atomic E-state index is 0.103. The molecule has 0 unspecified atom stereocenters. The molecule has 0 radical (unpaired) electrons. The molecule has 0 saturated heterocycles. The molecule has 5 heterocycles. The molecule has 0 bridgehead atoms. The van der Waals surface area contributed by atoms with Gasteiger partial charge in [-0.25, -0.2) is 23.7 Å². The first-order chi connectivity index (χ1) is 18.9. The molecular formula is C27H24N10O2. The van der Waals surface area contributed by atoms with Crippen LogP contribution < -0.4 is 17.2 Å². The first-order valence-corrected chi connectivity index (χ1v) is 11.9. The molecule has 6 aromatic rings. The lowest BCUT2D eigenvalue weighted by atomic mass is 10.2. The number of anilines is 1. The van der Waals surface area contributed by atoms with Crippen molar-refractivity contribution in [3.8, 4) is 17.5 Å². The van der Waals surface area contributed by atoms with Gasteiger partial charge in [-0.05, 0) is 30.5 Å². The van der Waals surface area contributed by atoms with E-state index in [1.54, 1.807) is 44.5 Å². The molecule has 0 fully saturated rings. The molecule has 6 rings (SSSR count). The van der Waals surface area contributed by atoms with Gasteiger partial charge in [-0.15, -0.1) is 5.10 Å². The number of aryl methyl sites for hydroxylation is 2. The number of amides is 1. The summed E-state index contributed by atoms with van der Waals surface area (Å²) in [6, 6.07) is 13.2. The van der Waals surface area contributed by atoms with Crippen LogP contribution in [0.15, 0.2) is 78.2 Å². The van der Waals surface area contributed by atoms with E-state index in [1.807, 2.05) is 56.6 Å². The zero-order valence-corrected chi connectivity index (χ0v) is 21.2. The maximum atomic E-state index is 13.2. The minimum Gasteiger partial charge on any atom is -0.381 e. The highest BCUT2D eigenvalue weighted by molar-refractivity contribution is 6.03. The lowest BCUT2D eigenvalue weighted by Gasteiger charge is -2.12. The Morgan fingerprint density at radius 1 is 1.08 bits per heavy atom. The number of benzene rings is 1. The number of carbonyl (C=O) groups excluding carboxylic acids is 1. The third-order valence-corrected chi connectivity index (χ3v) is 5.84. The lowest BCUT2D eigenvalue weighted by Crippen LogP contribution is -2.28. The Balaban J connectivity index is 0.000000198. The fourth-order valence-corrected chi connectivity index (χ4v) is 4.07. The Morgan fingerprint density at radius 2 is 1.87 bits per heavy atom. The van der Waals surface area contributed by atoms with Crippen LogP contribution >= 0.6 is 0 Å². The largest absolute Gasteiger partial charge is 0.381 e. The molecule has 12 nitrogen and oxygen atoms in total. The zero-order chi connectivity index (χ0) is 27.5. The third kappa shape index (κ3) is 4.84. The van der Waals surface area contributed by atoms with Gasteiger partial charge in [0.05, 0.1) is 23.6 Å². The van der Waals surface area contributed by atoms with Crippen LogP contribution in [0.5, 0.6) is 0 Å². The van der Waals surface area contributed by atoms with E-state index in [0.717, 1.165) is 23.4 Å². The van der Waals surface area contributed by atoms with Gasteiger partial charge >= 0.3 is 5.69 Å². The molecular weight excluding hydrogens is 496 g/mol. The lowest BCUT2D eigenvalue weighted by molar-refractivity contribution is 0.100. The van der Waals surface area contributed by atoms with E-state index < -0.39 is 5.91 Å². The molecule has 39 heavy (non-hydrogen) atoms. The van der Waals surface area contributed by atoms with Gasteiger partial charge in [0, 0.05) is 37.4 Å². The number of para-hydroxylation sites is 1. The molecule has 1 aromatic carbocycles. The summed E-state index contributed by atoms with van der Waals surface area (Å²) in [5.41, 5.74) is 14.7. The van der Waals surface area contributed by atoms with E-state index >= 15 is 0 Å². The summed E-state index contributed by atoms with van der Waals surface area (Å²) in [7, 11) is 1.84. The predicted octanol–water partition coefficient (Wildman–Crippen LogP) is 1.59. The van der Waals surface area contributed by atoms with E-state index in [0.29, 0.717) is 17.0 Å². The maximum Gasteiger partial charge on any atom is 0.339 e. The van der Waals surface area contributed by atoms with Crippen LogP contribution in [0.3, 0.4) is 0 Å². The highest BCUT2D eigenvalue weighted by Crippen LogP contribution is 2.14. The Hall–Kier alpha value is -5.70. The van der Waals surface area contributed by atoms with Crippen LogP contribution in [0.2, 0.25) is 0 Å². The number of nitrogen functional groups attached to an aromatic ring is 1. The molecule has 0 aliphatic rings. The molecule has 4 N–H and O–H groups in total. The summed E-state index contributed by atoms with van der Waals surface area (Å²) in [6.07, 6.45) is 9.06. The molecule has 0 saturated carbocycles. The van der Waals surface area contributed by atoms with Crippen molar-refractivity contribution in [3.63, 3.8) is 0 Å². The summed E-state index contributed by atoms with van der Waals surface area (Å²) >= 11 is 0. The number of imidazole rings is 1. The molecule has 0 aliphatic heterocycles. The van der Waals surface area contributed by atoms with Gasteiger partial charge in [-0.2, -0.15) is 5.10 Å². The van der Waals surface area contributed by atoms with Crippen molar-refractivity contribution >= 4 is 23.0 Å². The second kappa shape index (κ2) is 10.3.